The summed E-state index contributed by atoms with van der Waals surface area (Å²) in [5.41, 5.74) is 10.5. The second kappa shape index (κ2) is 13.4. The molecule has 0 aliphatic carbocycles. The van der Waals surface area contributed by atoms with Crippen molar-refractivity contribution in [3.8, 4) is 28.4 Å². The predicted octanol–water partition coefficient (Wildman–Crippen LogP) is 11.7. The van der Waals surface area contributed by atoms with Gasteiger partial charge in [0.25, 0.3) is 0 Å². The first kappa shape index (κ1) is 33.4. The van der Waals surface area contributed by atoms with Gasteiger partial charge in [0.1, 0.15) is 11.6 Å². The Morgan fingerprint density at radius 3 is 2.13 bits per heavy atom. The van der Waals surface area contributed by atoms with E-state index in [1.54, 1.807) is 12.1 Å². The molecule has 7 heteroatoms. The van der Waals surface area contributed by atoms with Crippen molar-refractivity contribution in [2.24, 2.45) is 0 Å². The van der Waals surface area contributed by atoms with Crippen molar-refractivity contribution in [3.05, 3.63) is 175 Å². The summed E-state index contributed by atoms with van der Waals surface area (Å²) < 4.78 is 24.0. The summed E-state index contributed by atoms with van der Waals surface area (Å²) in [7, 11) is 0. The van der Waals surface area contributed by atoms with Gasteiger partial charge in [-0.2, -0.15) is 6.07 Å². The molecule has 0 amide bonds. The average molecular weight is 859 g/mol. The van der Waals surface area contributed by atoms with Crippen molar-refractivity contribution in [3.63, 3.8) is 0 Å². The number of anilines is 4. The first-order valence-corrected chi connectivity index (χ1v) is 16.9. The van der Waals surface area contributed by atoms with Gasteiger partial charge >= 0.3 is 0 Å². The van der Waals surface area contributed by atoms with E-state index in [1.807, 2.05) is 77.3 Å². The number of fused-ring (bicyclic) bond motifs is 4. The standard InChI is InChI=1S/C45H32FN4O.Pt/c1-29-21-22-47-44(23-29)50-39-15-6-4-13-36(39)37-20-19-34(27-43(37)50)51-35-25-32(45-30(2)11-10-12-31(45)3)24-33(26-35)48-28-49(40-16-7-5-14-38(40)46)42-18-9-8-17-41(42)48;/h4-25,28H,1-3H3;/q-3;. The quantitative estimate of drug-likeness (QED) is 0.156. The predicted molar refractivity (Wildman–Crippen MR) is 204 cm³/mol. The zero-order chi connectivity index (χ0) is 34.6. The molecule has 0 saturated carbocycles. The Hall–Kier alpha value is -5.71. The number of halogens is 1. The first-order chi connectivity index (χ1) is 24.9. The molecule has 0 saturated heterocycles. The van der Waals surface area contributed by atoms with Crippen LogP contribution in [0.15, 0.2) is 134 Å². The molecule has 0 bridgehead atoms. The molecular weight excluding hydrogens is 827 g/mol. The zero-order valence-electron chi connectivity index (χ0n) is 28.7. The van der Waals surface area contributed by atoms with Crippen LogP contribution in [0.25, 0.3) is 38.8 Å². The topological polar surface area (TPSA) is 33.5 Å². The number of aromatic nitrogens is 2. The third-order valence-corrected chi connectivity index (χ3v) is 9.51. The van der Waals surface area contributed by atoms with Crippen molar-refractivity contribution >= 4 is 44.6 Å². The Labute approximate surface area is 316 Å². The van der Waals surface area contributed by atoms with Crippen molar-refractivity contribution in [2.75, 3.05) is 9.80 Å². The molecular formula is C45H32FN4OPt-3. The number of hydrogen-bond donors (Lipinski definition) is 0. The summed E-state index contributed by atoms with van der Waals surface area (Å²) >= 11 is 0. The molecule has 0 atom stereocenters. The van der Waals surface area contributed by atoms with Gasteiger partial charge in [0.2, 0.25) is 0 Å². The molecule has 0 spiro atoms. The molecule has 0 radical (unpaired) electrons. The molecule has 3 heterocycles. The van der Waals surface area contributed by atoms with Gasteiger partial charge in [0.15, 0.2) is 0 Å². The Kier molecular flexibility index (Phi) is 8.64. The summed E-state index contributed by atoms with van der Waals surface area (Å²) in [5.74, 6) is 1.61. The van der Waals surface area contributed by atoms with Gasteiger partial charge in [-0.05, 0) is 90.9 Å². The smallest absolute Gasteiger partial charge is 0.144 e. The van der Waals surface area contributed by atoms with Crippen LogP contribution in [0.4, 0.5) is 27.1 Å². The van der Waals surface area contributed by atoms with E-state index in [-0.39, 0.29) is 26.9 Å². The van der Waals surface area contributed by atoms with E-state index in [0.29, 0.717) is 17.2 Å². The van der Waals surface area contributed by atoms with E-state index in [1.165, 1.54) is 6.07 Å². The van der Waals surface area contributed by atoms with Crippen LogP contribution >= 0.6 is 0 Å². The fourth-order valence-corrected chi connectivity index (χ4v) is 7.20. The third kappa shape index (κ3) is 5.74. The summed E-state index contributed by atoms with van der Waals surface area (Å²) in [5, 5.41) is 2.18. The molecule has 5 nitrogen and oxygen atoms in total. The second-order valence-electron chi connectivity index (χ2n) is 12.9. The van der Waals surface area contributed by atoms with E-state index >= 15 is 4.39 Å². The van der Waals surface area contributed by atoms with Crippen molar-refractivity contribution in [1.82, 2.24) is 9.55 Å². The zero-order valence-corrected chi connectivity index (χ0v) is 30.9. The van der Waals surface area contributed by atoms with Gasteiger partial charge in [-0.3, -0.25) is 0 Å². The number of para-hydroxylation sites is 4. The Balaban J connectivity index is 0.00000387. The number of benzene rings is 6. The Morgan fingerprint density at radius 1 is 0.654 bits per heavy atom. The van der Waals surface area contributed by atoms with Crippen LogP contribution in [-0.2, 0) is 21.1 Å². The molecule has 0 N–H and O–H groups in total. The number of nitrogens with zero attached hydrogens (tertiary/aromatic N) is 4. The molecule has 0 fully saturated rings. The molecule has 258 valence electrons. The Morgan fingerprint density at radius 2 is 1.37 bits per heavy atom. The number of pyridine rings is 1. The van der Waals surface area contributed by atoms with E-state index < -0.39 is 0 Å². The molecule has 9 rings (SSSR count). The summed E-state index contributed by atoms with van der Waals surface area (Å²) in [6.07, 6.45) is 1.84. The minimum absolute atomic E-state index is 0. The van der Waals surface area contributed by atoms with Gasteiger partial charge in [-0.25, -0.2) is 9.37 Å². The third-order valence-electron chi connectivity index (χ3n) is 9.51. The molecule has 0 unspecified atom stereocenters. The summed E-state index contributed by atoms with van der Waals surface area (Å²) in [6, 6.07) is 48.9. The summed E-state index contributed by atoms with van der Waals surface area (Å²) in [6.45, 7) is 8.23. The number of hydrogen-bond acceptors (Lipinski definition) is 4. The van der Waals surface area contributed by atoms with Gasteiger partial charge in [-0.1, -0.05) is 66.2 Å². The van der Waals surface area contributed by atoms with Crippen LogP contribution < -0.4 is 14.5 Å². The van der Waals surface area contributed by atoms with Crippen LogP contribution in [0.3, 0.4) is 0 Å². The molecule has 8 aromatic rings. The first-order valence-electron chi connectivity index (χ1n) is 16.9. The van der Waals surface area contributed by atoms with Crippen LogP contribution in [-0.4, -0.2) is 9.55 Å². The fraction of sp³-hybridized carbons (Fsp3) is 0.0667. The maximum Gasteiger partial charge on any atom is 0.144 e. The van der Waals surface area contributed by atoms with E-state index in [4.69, 9.17) is 9.72 Å². The molecule has 1 aliphatic rings. The minimum atomic E-state index is -0.299. The van der Waals surface area contributed by atoms with Crippen LogP contribution in [0.2, 0.25) is 0 Å². The maximum absolute atomic E-state index is 15.2. The van der Waals surface area contributed by atoms with Gasteiger partial charge in [-0.15, -0.1) is 53.6 Å². The fourth-order valence-electron chi connectivity index (χ4n) is 7.20. The van der Waals surface area contributed by atoms with Crippen molar-refractivity contribution in [2.45, 2.75) is 20.8 Å². The summed E-state index contributed by atoms with van der Waals surface area (Å²) in [4.78, 5) is 8.65. The normalized spacial score (nSPS) is 12.3. The average Bonchev–Trinajstić information content (AvgIpc) is 3.68. The Bertz CT molecular complexity index is 2610. The van der Waals surface area contributed by atoms with E-state index in [0.717, 1.165) is 72.5 Å². The molecule has 6 aromatic carbocycles. The van der Waals surface area contributed by atoms with Crippen LogP contribution in [0, 0.1) is 45.4 Å². The van der Waals surface area contributed by atoms with Crippen LogP contribution in [0.5, 0.6) is 11.5 Å². The number of aryl methyl sites for hydroxylation is 3. The SMILES string of the molecule is Cc1ccnc(-n2c3[c-]c(Oc4[c-]c(N5[CH-]N(c6ccccc6F)c6ccccc65)cc(-c5c(C)cccc5C)c4)ccc3c3ccccc32)c1.[Pt]. The van der Waals surface area contributed by atoms with E-state index in [9.17, 15) is 0 Å². The van der Waals surface area contributed by atoms with Crippen molar-refractivity contribution < 1.29 is 30.2 Å². The number of ether oxygens (including phenoxy) is 1. The molecule has 52 heavy (non-hydrogen) atoms. The largest absolute Gasteiger partial charge is 0.509 e. The van der Waals surface area contributed by atoms with Gasteiger partial charge in [0.05, 0.1) is 0 Å². The van der Waals surface area contributed by atoms with Crippen LogP contribution in [0.1, 0.15) is 16.7 Å². The maximum atomic E-state index is 15.2. The molecule has 1 aliphatic heterocycles. The van der Waals surface area contributed by atoms with Gasteiger partial charge in [0, 0.05) is 61.3 Å². The number of rotatable bonds is 6. The second-order valence-corrected chi connectivity index (χ2v) is 12.9. The monoisotopic (exact) mass is 858 g/mol. The van der Waals surface area contributed by atoms with Crippen molar-refractivity contribution in [1.29, 1.82) is 0 Å². The van der Waals surface area contributed by atoms with E-state index in [2.05, 4.69) is 92.1 Å². The van der Waals surface area contributed by atoms with Gasteiger partial charge < -0.3 is 19.1 Å². The minimum Gasteiger partial charge on any atom is -0.509 e. The molecule has 2 aromatic heterocycles.